The normalized spacial score (nSPS) is 11.3. The van der Waals surface area contributed by atoms with Crippen molar-refractivity contribution < 1.29 is 13.2 Å². The smallest absolute Gasteiger partial charge is 0.310 e. The summed E-state index contributed by atoms with van der Waals surface area (Å²) in [6.45, 7) is 0. The van der Waals surface area contributed by atoms with E-state index in [1.165, 1.54) is 12.1 Å². The Bertz CT molecular complexity index is 728. The van der Waals surface area contributed by atoms with Crippen LogP contribution in [0.2, 0.25) is 0 Å². The van der Waals surface area contributed by atoms with E-state index < -0.39 is 11.7 Å². The van der Waals surface area contributed by atoms with Crippen molar-refractivity contribution in [3.8, 4) is 0 Å². The Labute approximate surface area is 132 Å². The first kappa shape index (κ1) is 15.2. The van der Waals surface area contributed by atoms with Gasteiger partial charge in [0.1, 0.15) is 0 Å². The molecule has 0 bridgehead atoms. The van der Waals surface area contributed by atoms with Crippen molar-refractivity contribution in [3.63, 3.8) is 0 Å². The number of alkyl halides is 3. The molecule has 0 N–H and O–H groups in total. The molecule has 0 unspecified atom stereocenters. The summed E-state index contributed by atoms with van der Waals surface area (Å²) in [6.07, 6.45) is -4.37. The lowest BCUT2D eigenvalue weighted by molar-refractivity contribution is -0.137. The van der Waals surface area contributed by atoms with Gasteiger partial charge in [-0.2, -0.15) is 13.2 Å². The second-order valence-electron chi connectivity index (χ2n) is 5.05. The molecule has 0 aromatic heterocycles. The van der Waals surface area contributed by atoms with E-state index in [-0.39, 0.29) is 0 Å². The van der Waals surface area contributed by atoms with Crippen LogP contribution in [0.5, 0.6) is 0 Å². The number of hydrogen-bond donors (Lipinski definition) is 0. The Morgan fingerprint density at radius 2 is 1.04 bits per heavy atom. The number of para-hydroxylation sites is 2. The maximum Gasteiger partial charge on any atom is 0.416 e. The monoisotopic (exact) mass is 313 g/mol. The lowest BCUT2D eigenvalue weighted by Gasteiger charge is -2.26. The van der Waals surface area contributed by atoms with Gasteiger partial charge in [0.15, 0.2) is 0 Å². The van der Waals surface area contributed by atoms with Gasteiger partial charge in [0.2, 0.25) is 0 Å². The topological polar surface area (TPSA) is 3.24 Å². The second kappa shape index (κ2) is 6.16. The molecule has 23 heavy (non-hydrogen) atoms. The number of hydrogen-bond acceptors (Lipinski definition) is 1. The van der Waals surface area contributed by atoms with Crippen molar-refractivity contribution in [2.75, 3.05) is 4.90 Å². The molecule has 0 radical (unpaired) electrons. The lowest BCUT2D eigenvalue weighted by atomic mass is 10.1. The predicted molar refractivity (Wildman–Crippen MR) is 86.1 cm³/mol. The Morgan fingerprint density at radius 3 is 1.52 bits per heavy atom. The molecule has 3 aromatic rings. The standard InChI is InChI=1S/C19H14F3N/c20-19(21,22)15-8-7-13-18(14-15)23(16-9-3-1-4-10-16)17-11-5-2-6-12-17/h1-14H. The van der Waals surface area contributed by atoms with Crippen LogP contribution in [0.15, 0.2) is 84.9 Å². The minimum atomic E-state index is -4.37. The summed E-state index contributed by atoms with van der Waals surface area (Å²) in [5.74, 6) is 0. The van der Waals surface area contributed by atoms with Crippen molar-refractivity contribution >= 4 is 17.1 Å². The van der Waals surface area contributed by atoms with Crippen molar-refractivity contribution in [1.29, 1.82) is 0 Å². The highest BCUT2D eigenvalue weighted by Crippen LogP contribution is 2.37. The van der Waals surface area contributed by atoms with E-state index in [1.807, 2.05) is 60.7 Å². The van der Waals surface area contributed by atoms with Gasteiger partial charge in [0.25, 0.3) is 0 Å². The predicted octanol–water partition coefficient (Wildman–Crippen LogP) is 6.18. The molecule has 0 saturated carbocycles. The summed E-state index contributed by atoms with van der Waals surface area (Å²) in [5, 5.41) is 0. The van der Waals surface area contributed by atoms with Gasteiger partial charge in [-0.3, -0.25) is 0 Å². The van der Waals surface area contributed by atoms with Crippen LogP contribution >= 0.6 is 0 Å². The van der Waals surface area contributed by atoms with Crippen LogP contribution in [-0.2, 0) is 6.18 Å². The summed E-state index contributed by atoms with van der Waals surface area (Å²) >= 11 is 0. The molecule has 0 saturated heterocycles. The molecular weight excluding hydrogens is 299 g/mol. The van der Waals surface area contributed by atoms with E-state index in [1.54, 1.807) is 11.0 Å². The van der Waals surface area contributed by atoms with Gasteiger partial charge in [0, 0.05) is 17.1 Å². The van der Waals surface area contributed by atoms with Gasteiger partial charge in [-0.15, -0.1) is 0 Å². The summed E-state index contributed by atoms with van der Waals surface area (Å²) in [6, 6.07) is 24.0. The number of nitrogens with zero attached hydrogens (tertiary/aromatic N) is 1. The SMILES string of the molecule is FC(F)(F)c1cccc(N(c2ccccc2)c2ccccc2)c1. The Kier molecular flexibility index (Phi) is 4.06. The minimum absolute atomic E-state index is 0.470. The number of rotatable bonds is 3. The van der Waals surface area contributed by atoms with Crippen LogP contribution < -0.4 is 4.90 Å². The fourth-order valence-electron chi connectivity index (χ4n) is 2.42. The van der Waals surface area contributed by atoms with E-state index in [4.69, 9.17) is 0 Å². The van der Waals surface area contributed by atoms with Crippen LogP contribution in [0.3, 0.4) is 0 Å². The molecule has 0 aliphatic heterocycles. The van der Waals surface area contributed by atoms with Gasteiger partial charge in [-0.25, -0.2) is 0 Å². The zero-order valence-electron chi connectivity index (χ0n) is 12.2. The Balaban J connectivity index is 2.14. The third kappa shape index (κ3) is 3.37. The van der Waals surface area contributed by atoms with Crippen LogP contribution in [0.25, 0.3) is 0 Å². The third-order valence-electron chi connectivity index (χ3n) is 3.46. The molecule has 1 nitrogen and oxygen atoms in total. The molecule has 116 valence electrons. The van der Waals surface area contributed by atoms with Crippen LogP contribution in [0.1, 0.15) is 5.56 Å². The van der Waals surface area contributed by atoms with Crippen molar-refractivity contribution in [2.24, 2.45) is 0 Å². The summed E-state index contributed by atoms with van der Waals surface area (Å²) in [7, 11) is 0. The van der Waals surface area contributed by atoms with Crippen molar-refractivity contribution in [1.82, 2.24) is 0 Å². The van der Waals surface area contributed by atoms with E-state index in [9.17, 15) is 13.2 Å². The molecule has 0 atom stereocenters. The molecule has 0 fully saturated rings. The molecule has 0 spiro atoms. The van der Waals surface area contributed by atoms with Gasteiger partial charge in [-0.1, -0.05) is 42.5 Å². The van der Waals surface area contributed by atoms with Crippen LogP contribution in [-0.4, -0.2) is 0 Å². The van der Waals surface area contributed by atoms with Gasteiger partial charge < -0.3 is 4.90 Å². The molecule has 3 aromatic carbocycles. The summed E-state index contributed by atoms with van der Waals surface area (Å²) < 4.78 is 39.1. The van der Waals surface area contributed by atoms with Crippen LogP contribution in [0.4, 0.5) is 30.2 Å². The van der Waals surface area contributed by atoms with Crippen molar-refractivity contribution in [3.05, 3.63) is 90.5 Å². The quantitative estimate of drug-likeness (QED) is 0.558. The minimum Gasteiger partial charge on any atom is -0.310 e. The lowest BCUT2D eigenvalue weighted by Crippen LogP contribution is -2.12. The highest BCUT2D eigenvalue weighted by atomic mass is 19.4. The number of halogens is 3. The maximum absolute atomic E-state index is 13.0. The molecule has 0 aliphatic carbocycles. The Morgan fingerprint density at radius 1 is 0.565 bits per heavy atom. The van der Waals surface area contributed by atoms with E-state index in [0.29, 0.717) is 5.69 Å². The Hall–Kier alpha value is -2.75. The zero-order chi connectivity index (χ0) is 16.3. The molecule has 0 amide bonds. The van der Waals surface area contributed by atoms with E-state index in [2.05, 4.69) is 0 Å². The average Bonchev–Trinajstić information content (AvgIpc) is 2.57. The van der Waals surface area contributed by atoms with Gasteiger partial charge in [-0.05, 0) is 42.5 Å². The molecular formula is C19H14F3N. The average molecular weight is 313 g/mol. The first-order valence-corrected chi connectivity index (χ1v) is 7.13. The summed E-state index contributed by atoms with van der Waals surface area (Å²) in [4.78, 5) is 1.80. The fraction of sp³-hybridized carbons (Fsp3) is 0.0526. The third-order valence-corrected chi connectivity index (χ3v) is 3.46. The second-order valence-corrected chi connectivity index (χ2v) is 5.05. The summed E-state index contributed by atoms with van der Waals surface area (Å²) in [5.41, 5.74) is 1.42. The molecule has 0 aliphatic rings. The molecule has 0 heterocycles. The first-order valence-electron chi connectivity index (χ1n) is 7.13. The molecule has 4 heteroatoms. The number of anilines is 3. The van der Waals surface area contributed by atoms with Gasteiger partial charge in [0.05, 0.1) is 5.56 Å². The largest absolute Gasteiger partial charge is 0.416 e. The van der Waals surface area contributed by atoms with Crippen LogP contribution in [0, 0.1) is 0 Å². The number of benzene rings is 3. The van der Waals surface area contributed by atoms with E-state index in [0.717, 1.165) is 17.4 Å². The highest BCUT2D eigenvalue weighted by Gasteiger charge is 2.31. The fourth-order valence-corrected chi connectivity index (χ4v) is 2.42. The zero-order valence-corrected chi connectivity index (χ0v) is 12.2. The first-order chi connectivity index (χ1) is 11.1. The highest BCUT2D eigenvalue weighted by molar-refractivity contribution is 5.76. The van der Waals surface area contributed by atoms with Gasteiger partial charge >= 0.3 is 6.18 Å². The molecule has 3 rings (SSSR count). The van der Waals surface area contributed by atoms with Crippen molar-refractivity contribution in [2.45, 2.75) is 6.18 Å². The maximum atomic E-state index is 13.0. The van der Waals surface area contributed by atoms with E-state index >= 15 is 0 Å².